The Hall–Kier alpha value is -2.54. The van der Waals surface area contributed by atoms with Crippen molar-refractivity contribution >= 4 is 23.4 Å². The van der Waals surface area contributed by atoms with E-state index in [-0.39, 0.29) is 6.61 Å². The number of nitrogens with one attached hydrogen (secondary N) is 2. The van der Waals surface area contributed by atoms with Crippen molar-refractivity contribution in [2.45, 2.75) is 6.92 Å². The van der Waals surface area contributed by atoms with Crippen LogP contribution in [0.4, 0.5) is 16.2 Å². The summed E-state index contributed by atoms with van der Waals surface area (Å²) in [6.45, 7) is 6.15. The van der Waals surface area contributed by atoms with Crippen LogP contribution in [0.2, 0.25) is 0 Å². The predicted molar refractivity (Wildman–Crippen MR) is 85.0 cm³/mol. The average molecular weight is 307 g/mol. The topological polar surface area (TPSA) is 79.9 Å². The first kappa shape index (κ1) is 17.5. The lowest BCUT2D eigenvalue weighted by atomic mass is 10.1. The zero-order valence-corrected chi connectivity index (χ0v) is 13.0. The Morgan fingerprint density at radius 3 is 2.68 bits per heavy atom. The first-order chi connectivity index (χ1) is 10.6. The van der Waals surface area contributed by atoms with E-state index in [0.717, 1.165) is 0 Å². The highest BCUT2D eigenvalue weighted by Gasteiger charge is 2.15. The number of hydrazine groups is 1. The minimum atomic E-state index is -0.597. The summed E-state index contributed by atoms with van der Waals surface area (Å²) in [6, 6.07) is 4.85. The maximum atomic E-state index is 11.7. The highest BCUT2D eigenvalue weighted by Crippen LogP contribution is 2.27. The zero-order valence-electron chi connectivity index (χ0n) is 13.0. The fourth-order valence-electron chi connectivity index (χ4n) is 1.83. The van der Waals surface area contributed by atoms with Gasteiger partial charge in [-0.05, 0) is 25.1 Å². The Morgan fingerprint density at radius 1 is 1.41 bits per heavy atom. The van der Waals surface area contributed by atoms with Crippen molar-refractivity contribution in [1.82, 2.24) is 5.43 Å². The largest absolute Gasteiger partial charge is 0.465 e. The van der Waals surface area contributed by atoms with Crippen LogP contribution in [0, 0.1) is 0 Å². The molecular weight excluding hydrogens is 286 g/mol. The first-order valence-corrected chi connectivity index (χ1v) is 6.79. The molecule has 0 spiro atoms. The summed E-state index contributed by atoms with van der Waals surface area (Å²) in [5.41, 5.74) is 4.41. The number of anilines is 2. The van der Waals surface area contributed by atoms with Crippen molar-refractivity contribution in [3.8, 4) is 0 Å². The van der Waals surface area contributed by atoms with Crippen LogP contribution in [0.3, 0.4) is 0 Å². The number of rotatable bonds is 7. The highest BCUT2D eigenvalue weighted by atomic mass is 16.5. The molecule has 7 heteroatoms. The quantitative estimate of drug-likeness (QED) is 0.456. The first-order valence-electron chi connectivity index (χ1n) is 6.79. The second-order valence-corrected chi connectivity index (χ2v) is 4.19. The lowest BCUT2D eigenvalue weighted by Crippen LogP contribution is -2.36. The molecule has 0 unspecified atom stereocenters. The van der Waals surface area contributed by atoms with E-state index in [1.54, 1.807) is 37.2 Å². The van der Waals surface area contributed by atoms with Gasteiger partial charge in [-0.3, -0.25) is 5.32 Å². The van der Waals surface area contributed by atoms with Gasteiger partial charge in [-0.2, -0.15) is 0 Å². The van der Waals surface area contributed by atoms with Gasteiger partial charge in [0.15, 0.2) is 0 Å². The van der Waals surface area contributed by atoms with Crippen LogP contribution < -0.4 is 15.8 Å². The molecule has 0 heterocycles. The Balaban J connectivity index is 3.20. The summed E-state index contributed by atoms with van der Waals surface area (Å²) in [4.78, 5) is 23.3. The molecule has 1 amide bonds. The second-order valence-electron chi connectivity index (χ2n) is 4.19. The minimum Gasteiger partial charge on any atom is -0.465 e. The molecule has 0 saturated carbocycles. The van der Waals surface area contributed by atoms with Crippen molar-refractivity contribution < 1.29 is 19.1 Å². The van der Waals surface area contributed by atoms with Crippen molar-refractivity contribution in [3.63, 3.8) is 0 Å². The molecule has 0 aliphatic heterocycles. The van der Waals surface area contributed by atoms with Crippen LogP contribution in [0.1, 0.15) is 17.3 Å². The third kappa shape index (κ3) is 4.49. The number of hydrogen-bond acceptors (Lipinski definition) is 6. The smallest absolute Gasteiger partial charge is 0.411 e. The van der Waals surface area contributed by atoms with Gasteiger partial charge in [0, 0.05) is 7.05 Å². The summed E-state index contributed by atoms with van der Waals surface area (Å²) < 4.78 is 9.57. The van der Waals surface area contributed by atoms with Gasteiger partial charge in [0.25, 0.3) is 0 Å². The molecule has 0 saturated heterocycles. The average Bonchev–Trinajstić information content (AvgIpc) is 2.52. The monoisotopic (exact) mass is 307 g/mol. The number of amides is 1. The summed E-state index contributed by atoms with van der Waals surface area (Å²) in [5.74, 6) is -0.488. The van der Waals surface area contributed by atoms with E-state index in [2.05, 4.69) is 22.1 Å². The molecule has 0 aliphatic rings. The van der Waals surface area contributed by atoms with Gasteiger partial charge in [-0.15, -0.1) is 6.58 Å². The number of methoxy groups -OCH3 is 1. The van der Waals surface area contributed by atoms with E-state index in [9.17, 15) is 9.59 Å². The molecule has 0 bridgehead atoms. The Kier molecular flexibility index (Phi) is 6.91. The molecule has 22 heavy (non-hydrogen) atoms. The fraction of sp³-hybridized carbons (Fsp3) is 0.333. The molecule has 2 N–H and O–H groups in total. The van der Waals surface area contributed by atoms with Gasteiger partial charge in [-0.1, -0.05) is 6.08 Å². The van der Waals surface area contributed by atoms with E-state index in [1.807, 2.05) is 0 Å². The van der Waals surface area contributed by atoms with Crippen LogP contribution in [0.15, 0.2) is 30.9 Å². The van der Waals surface area contributed by atoms with Crippen molar-refractivity contribution in [3.05, 3.63) is 36.4 Å². The van der Waals surface area contributed by atoms with E-state index in [1.165, 1.54) is 13.2 Å². The van der Waals surface area contributed by atoms with Gasteiger partial charge in [-0.25, -0.2) is 15.0 Å². The van der Waals surface area contributed by atoms with Gasteiger partial charge >= 0.3 is 12.1 Å². The van der Waals surface area contributed by atoms with Crippen molar-refractivity contribution in [2.24, 2.45) is 0 Å². The number of esters is 1. The second kappa shape index (κ2) is 8.68. The number of nitrogens with zero attached hydrogens (tertiary/aromatic N) is 1. The van der Waals surface area contributed by atoms with Gasteiger partial charge in [0.1, 0.15) is 0 Å². The summed E-state index contributed by atoms with van der Waals surface area (Å²) in [5, 5.41) is 4.38. The van der Waals surface area contributed by atoms with Gasteiger partial charge in [0.05, 0.1) is 37.2 Å². The maximum Gasteiger partial charge on any atom is 0.411 e. The molecule has 0 fully saturated rings. The summed E-state index contributed by atoms with van der Waals surface area (Å²) in [6.07, 6.45) is 1.11. The zero-order chi connectivity index (χ0) is 16.5. The minimum absolute atomic E-state index is 0.250. The normalized spacial score (nSPS) is 9.77. The van der Waals surface area contributed by atoms with E-state index < -0.39 is 12.1 Å². The van der Waals surface area contributed by atoms with Crippen LogP contribution in [-0.2, 0) is 9.47 Å². The third-order valence-electron chi connectivity index (χ3n) is 2.80. The number of carbonyl (C=O) groups excluding carboxylic acids is 2. The Bertz CT molecular complexity index is 546. The molecule has 120 valence electrons. The number of carbonyl (C=O) groups is 2. The molecule has 1 aromatic rings. The van der Waals surface area contributed by atoms with Crippen LogP contribution in [0.25, 0.3) is 0 Å². The van der Waals surface area contributed by atoms with Crippen molar-refractivity contribution in [1.29, 1.82) is 0 Å². The molecule has 0 aliphatic carbocycles. The van der Waals surface area contributed by atoms with E-state index in [0.29, 0.717) is 23.5 Å². The SMILES string of the molecule is C=CCN(NC)c1ccc(C(=O)OC)cc1NC(=O)OCC. The van der Waals surface area contributed by atoms with Gasteiger partial charge in [0.2, 0.25) is 0 Å². The lowest BCUT2D eigenvalue weighted by molar-refractivity contribution is 0.0600. The molecule has 1 aromatic carbocycles. The molecule has 0 radical (unpaired) electrons. The van der Waals surface area contributed by atoms with Crippen LogP contribution in [0.5, 0.6) is 0 Å². The number of benzene rings is 1. The number of ether oxygens (including phenoxy) is 2. The van der Waals surface area contributed by atoms with Crippen LogP contribution >= 0.6 is 0 Å². The third-order valence-corrected chi connectivity index (χ3v) is 2.80. The molecule has 1 rings (SSSR count). The van der Waals surface area contributed by atoms with Crippen LogP contribution in [-0.4, -0.2) is 39.4 Å². The van der Waals surface area contributed by atoms with Gasteiger partial charge < -0.3 is 14.5 Å². The van der Waals surface area contributed by atoms with Crippen molar-refractivity contribution in [2.75, 3.05) is 37.6 Å². The standard InChI is InChI=1S/C15H21N3O4/c1-5-9-18(16-3)13-8-7-11(14(19)21-4)10-12(13)17-15(20)22-6-2/h5,7-8,10,16H,1,6,9H2,2-4H3,(H,17,20). The lowest BCUT2D eigenvalue weighted by Gasteiger charge is -2.25. The molecule has 0 aromatic heterocycles. The molecule has 0 atom stereocenters. The maximum absolute atomic E-state index is 11.7. The Labute approximate surface area is 129 Å². The highest BCUT2D eigenvalue weighted by molar-refractivity contribution is 5.96. The molecular formula is C15H21N3O4. The van der Waals surface area contributed by atoms with E-state index >= 15 is 0 Å². The molecule has 7 nitrogen and oxygen atoms in total. The van der Waals surface area contributed by atoms with E-state index in [4.69, 9.17) is 4.74 Å². The number of hydrogen-bond donors (Lipinski definition) is 2. The summed E-state index contributed by atoms with van der Waals surface area (Å²) in [7, 11) is 3.04. The predicted octanol–water partition coefficient (Wildman–Crippen LogP) is 2.17. The fourth-order valence-corrected chi connectivity index (χ4v) is 1.83. The Morgan fingerprint density at radius 2 is 2.14 bits per heavy atom. The summed E-state index contributed by atoms with van der Waals surface area (Å²) >= 11 is 0.